The minimum atomic E-state index is -1.00. The number of hydrogen-bond acceptors (Lipinski definition) is 1. The van der Waals surface area contributed by atoms with Gasteiger partial charge in [0, 0.05) is 0 Å². The first-order valence-electron chi connectivity index (χ1n) is 5.17. The van der Waals surface area contributed by atoms with Gasteiger partial charge in [-0.05, 0) is 43.0 Å². The van der Waals surface area contributed by atoms with Crippen molar-refractivity contribution in [3.63, 3.8) is 0 Å². The summed E-state index contributed by atoms with van der Waals surface area (Å²) in [5.41, 5.74) is -0.0929. The highest BCUT2D eigenvalue weighted by Crippen LogP contribution is 2.45. The van der Waals surface area contributed by atoms with Crippen molar-refractivity contribution in [2.24, 2.45) is 0 Å². The largest absolute Gasteiger partial charge is 0.481 e. The van der Waals surface area contributed by atoms with Crippen molar-refractivity contribution in [3.05, 3.63) is 34.9 Å². The van der Waals surface area contributed by atoms with E-state index < -0.39 is 23.0 Å². The van der Waals surface area contributed by atoms with Crippen LogP contribution < -0.4 is 0 Å². The van der Waals surface area contributed by atoms with Crippen LogP contribution in [-0.2, 0) is 10.2 Å². The molecule has 1 aliphatic rings. The van der Waals surface area contributed by atoms with E-state index in [0.29, 0.717) is 24.0 Å². The number of halogens is 2. The van der Waals surface area contributed by atoms with E-state index in [0.717, 1.165) is 18.6 Å². The Kier molecular flexibility index (Phi) is 2.45. The fourth-order valence-electron chi connectivity index (χ4n) is 2.29. The van der Waals surface area contributed by atoms with Gasteiger partial charge in [0.15, 0.2) is 11.6 Å². The second kappa shape index (κ2) is 3.54. The number of benzene rings is 1. The summed E-state index contributed by atoms with van der Waals surface area (Å²) in [6, 6.07) is 2.09. The topological polar surface area (TPSA) is 37.3 Å². The molecule has 16 heavy (non-hydrogen) atoms. The van der Waals surface area contributed by atoms with Gasteiger partial charge < -0.3 is 5.11 Å². The van der Waals surface area contributed by atoms with Crippen LogP contribution in [0.3, 0.4) is 0 Å². The molecule has 2 nitrogen and oxygen atoms in total. The molecule has 0 aromatic heterocycles. The summed E-state index contributed by atoms with van der Waals surface area (Å²) in [5.74, 6) is -2.86. The van der Waals surface area contributed by atoms with Crippen LogP contribution in [0.2, 0.25) is 0 Å². The predicted molar refractivity (Wildman–Crippen MR) is 54.3 cm³/mol. The van der Waals surface area contributed by atoms with Gasteiger partial charge in [0.2, 0.25) is 0 Å². The average Bonchev–Trinajstić information content (AvgIpc) is 2.11. The quantitative estimate of drug-likeness (QED) is 0.841. The molecule has 4 heteroatoms. The molecule has 1 fully saturated rings. The summed E-state index contributed by atoms with van der Waals surface area (Å²) in [6.07, 6.45) is 1.80. The van der Waals surface area contributed by atoms with E-state index in [-0.39, 0.29) is 0 Å². The lowest BCUT2D eigenvalue weighted by molar-refractivity contribution is -0.147. The van der Waals surface area contributed by atoms with Crippen molar-refractivity contribution in [1.29, 1.82) is 0 Å². The zero-order valence-electron chi connectivity index (χ0n) is 8.89. The number of hydrogen-bond donors (Lipinski definition) is 1. The maximum Gasteiger partial charge on any atom is 0.314 e. The third-order valence-electron chi connectivity index (χ3n) is 3.40. The number of aliphatic carboxylic acids is 1. The van der Waals surface area contributed by atoms with E-state index >= 15 is 0 Å². The zero-order valence-corrected chi connectivity index (χ0v) is 8.89. The highest BCUT2D eigenvalue weighted by atomic mass is 19.2. The van der Waals surface area contributed by atoms with Gasteiger partial charge >= 0.3 is 5.97 Å². The highest BCUT2D eigenvalue weighted by Gasteiger charge is 2.47. The fraction of sp³-hybridized carbons (Fsp3) is 0.417. The Morgan fingerprint density at radius 1 is 1.31 bits per heavy atom. The molecule has 0 bridgehead atoms. The second-order valence-electron chi connectivity index (χ2n) is 4.32. The van der Waals surface area contributed by atoms with Gasteiger partial charge in [-0.25, -0.2) is 8.78 Å². The molecule has 0 unspecified atom stereocenters. The van der Waals surface area contributed by atoms with Crippen molar-refractivity contribution < 1.29 is 18.7 Å². The van der Waals surface area contributed by atoms with Crippen LogP contribution in [0.5, 0.6) is 0 Å². The Hall–Kier alpha value is -1.45. The molecule has 0 amide bonds. The van der Waals surface area contributed by atoms with E-state index in [1.165, 1.54) is 0 Å². The molecular weight excluding hydrogens is 214 g/mol. The van der Waals surface area contributed by atoms with E-state index in [1.54, 1.807) is 6.92 Å². The van der Waals surface area contributed by atoms with Crippen LogP contribution in [-0.4, -0.2) is 11.1 Å². The van der Waals surface area contributed by atoms with Gasteiger partial charge in [-0.3, -0.25) is 4.79 Å². The Bertz CT molecular complexity index is 451. The molecule has 86 valence electrons. The molecule has 0 saturated heterocycles. The number of rotatable bonds is 2. The maximum absolute atomic E-state index is 13.1. The molecule has 1 aliphatic carbocycles. The van der Waals surface area contributed by atoms with Gasteiger partial charge in [-0.15, -0.1) is 0 Å². The van der Waals surface area contributed by atoms with E-state index in [4.69, 9.17) is 0 Å². The normalized spacial score (nSPS) is 17.9. The average molecular weight is 226 g/mol. The van der Waals surface area contributed by atoms with Crippen LogP contribution in [0.4, 0.5) is 8.78 Å². The molecule has 0 aliphatic heterocycles. The number of carboxylic acid groups (broad SMARTS) is 1. The Balaban J connectivity index is 2.55. The van der Waals surface area contributed by atoms with Crippen molar-refractivity contribution >= 4 is 5.97 Å². The lowest BCUT2D eigenvalue weighted by atomic mass is 9.63. The molecule has 1 saturated carbocycles. The van der Waals surface area contributed by atoms with Crippen LogP contribution in [0.25, 0.3) is 0 Å². The summed E-state index contributed by atoms with van der Waals surface area (Å²) in [6.45, 7) is 1.61. The van der Waals surface area contributed by atoms with Gasteiger partial charge in [0.1, 0.15) is 0 Å². The summed E-state index contributed by atoms with van der Waals surface area (Å²) >= 11 is 0. The number of carbonyl (C=O) groups is 1. The SMILES string of the molecule is Cc1cc(F)c(F)cc1C1(C(=O)O)CCC1. The van der Waals surface area contributed by atoms with E-state index in [2.05, 4.69) is 0 Å². The maximum atomic E-state index is 13.1. The molecule has 0 spiro atoms. The Morgan fingerprint density at radius 3 is 2.31 bits per heavy atom. The first kappa shape index (κ1) is 11.0. The van der Waals surface area contributed by atoms with Crippen LogP contribution in [0, 0.1) is 18.6 Å². The van der Waals surface area contributed by atoms with Gasteiger partial charge in [-0.2, -0.15) is 0 Å². The minimum absolute atomic E-state index is 0.408. The summed E-state index contributed by atoms with van der Waals surface area (Å²) < 4.78 is 26.1. The monoisotopic (exact) mass is 226 g/mol. The van der Waals surface area contributed by atoms with Crippen molar-refractivity contribution in [1.82, 2.24) is 0 Å². The number of aryl methyl sites for hydroxylation is 1. The van der Waals surface area contributed by atoms with Crippen LogP contribution in [0.15, 0.2) is 12.1 Å². The smallest absolute Gasteiger partial charge is 0.314 e. The van der Waals surface area contributed by atoms with Crippen LogP contribution in [0.1, 0.15) is 30.4 Å². The van der Waals surface area contributed by atoms with Crippen molar-refractivity contribution in [2.75, 3.05) is 0 Å². The third kappa shape index (κ3) is 1.40. The molecule has 1 aromatic carbocycles. The Labute approximate surface area is 91.9 Å². The van der Waals surface area contributed by atoms with Gasteiger partial charge in [-0.1, -0.05) is 6.42 Å². The van der Waals surface area contributed by atoms with Gasteiger partial charge in [0.25, 0.3) is 0 Å². The first-order chi connectivity index (χ1) is 7.47. The third-order valence-corrected chi connectivity index (χ3v) is 3.40. The van der Waals surface area contributed by atoms with Crippen LogP contribution >= 0.6 is 0 Å². The first-order valence-corrected chi connectivity index (χ1v) is 5.17. The van der Waals surface area contributed by atoms with Crippen molar-refractivity contribution in [2.45, 2.75) is 31.6 Å². The lowest BCUT2D eigenvalue weighted by Gasteiger charge is -2.39. The summed E-state index contributed by atoms with van der Waals surface area (Å²) in [5, 5.41) is 9.21. The molecule has 2 rings (SSSR count). The highest BCUT2D eigenvalue weighted by molar-refractivity contribution is 5.83. The van der Waals surface area contributed by atoms with Gasteiger partial charge in [0.05, 0.1) is 5.41 Å². The lowest BCUT2D eigenvalue weighted by Crippen LogP contribution is -2.43. The Morgan fingerprint density at radius 2 is 1.88 bits per heavy atom. The molecule has 0 radical (unpaired) electrons. The minimum Gasteiger partial charge on any atom is -0.481 e. The van der Waals surface area contributed by atoms with E-state index in [1.807, 2.05) is 0 Å². The number of carboxylic acids is 1. The van der Waals surface area contributed by atoms with E-state index in [9.17, 15) is 18.7 Å². The summed E-state index contributed by atoms with van der Waals surface area (Å²) in [4.78, 5) is 11.2. The molecule has 1 aromatic rings. The van der Waals surface area contributed by atoms with Crippen molar-refractivity contribution in [3.8, 4) is 0 Å². The summed E-state index contributed by atoms with van der Waals surface area (Å²) in [7, 11) is 0. The molecule has 0 atom stereocenters. The molecule has 1 N–H and O–H groups in total. The molecule has 0 heterocycles. The molecular formula is C12H12F2O2. The zero-order chi connectivity index (χ0) is 11.9. The second-order valence-corrected chi connectivity index (χ2v) is 4.32. The standard InChI is InChI=1S/C12H12F2O2/c1-7-5-9(13)10(14)6-8(7)12(11(15)16)3-2-4-12/h5-6H,2-4H2,1H3,(H,15,16). The predicted octanol–water partition coefficient (Wildman–Crippen LogP) is 2.78. The fourth-order valence-corrected chi connectivity index (χ4v) is 2.29.